The SMILES string of the molecule is NC(=O)c1sc2cccc(CCc3ccccc3)c2c1-c1ccccc1. The van der Waals surface area contributed by atoms with Crippen molar-refractivity contribution in [3.8, 4) is 11.1 Å². The summed E-state index contributed by atoms with van der Waals surface area (Å²) in [6, 6.07) is 26.9. The van der Waals surface area contributed by atoms with Crippen LogP contribution in [0.3, 0.4) is 0 Å². The van der Waals surface area contributed by atoms with Crippen LogP contribution >= 0.6 is 11.3 Å². The lowest BCUT2D eigenvalue weighted by atomic mass is 9.95. The maximum Gasteiger partial charge on any atom is 0.259 e. The van der Waals surface area contributed by atoms with Gasteiger partial charge < -0.3 is 5.73 Å². The van der Waals surface area contributed by atoms with Crippen LogP contribution in [0.1, 0.15) is 20.8 Å². The van der Waals surface area contributed by atoms with E-state index in [1.54, 1.807) is 0 Å². The highest BCUT2D eigenvalue weighted by atomic mass is 32.1. The van der Waals surface area contributed by atoms with Crippen molar-refractivity contribution in [1.29, 1.82) is 0 Å². The predicted octanol–water partition coefficient (Wildman–Crippen LogP) is 5.45. The number of nitrogens with two attached hydrogens (primary N) is 1. The van der Waals surface area contributed by atoms with Crippen LogP contribution in [-0.2, 0) is 12.8 Å². The monoisotopic (exact) mass is 357 g/mol. The Morgan fingerprint density at radius 3 is 2.19 bits per heavy atom. The van der Waals surface area contributed by atoms with E-state index in [2.05, 4.69) is 42.5 Å². The molecule has 0 bridgehead atoms. The highest BCUT2D eigenvalue weighted by molar-refractivity contribution is 7.21. The van der Waals surface area contributed by atoms with Crippen molar-refractivity contribution in [1.82, 2.24) is 0 Å². The van der Waals surface area contributed by atoms with Gasteiger partial charge in [0.05, 0.1) is 0 Å². The van der Waals surface area contributed by atoms with E-state index < -0.39 is 0 Å². The average Bonchev–Trinajstić information content (AvgIpc) is 3.08. The average molecular weight is 357 g/mol. The molecule has 0 aliphatic carbocycles. The van der Waals surface area contributed by atoms with Crippen molar-refractivity contribution in [2.24, 2.45) is 5.73 Å². The first-order valence-electron chi connectivity index (χ1n) is 8.67. The number of hydrogen-bond donors (Lipinski definition) is 1. The third-order valence-electron chi connectivity index (χ3n) is 4.61. The summed E-state index contributed by atoms with van der Waals surface area (Å²) in [6.07, 6.45) is 1.89. The van der Waals surface area contributed by atoms with Gasteiger partial charge in [0.15, 0.2) is 0 Å². The Balaban J connectivity index is 1.85. The lowest BCUT2D eigenvalue weighted by molar-refractivity contribution is 0.100. The Morgan fingerprint density at radius 1 is 0.808 bits per heavy atom. The predicted molar refractivity (Wildman–Crippen MR) is 110 cm³/mol. The zero-order valence-electron chi connectivity index (χ0n) is 14.3. The van der Waals surface area contributed by atoms with Gasteiger partial charge in [0, 0.05) is 15.6 Å². The van der Waals surface area contributed by atoms with Gasteiger partial charge in [-0.05, 0) is 35.6 Å². The van der Waals surface area contributed by atoms with Gasteiger partial charge in [-0.1, -0.05) is 72.8 Å². The maximum atomic E-state index is 12.1. The van der Waals surface area contributed by atoms with Crippen LogP contribution in [0.25, 0.3) is 21.2 Å². The molecular weight excluding hydrogens is 338 g/mol. The Hall–Kier alpha value is -2.91. The standard InChI is InChI=1S/C23H19NOS/c24-23(25)22-21(17-10-5-2-6-11-17)20-18(12-7-13-19(20)26-22)15-14-16-8-3-1-4-9-16/h1-13H,14-15H2,(H2,24,25). The van der Waals surface area contributed by atoms with E-state index in [0.29, 0.717) is 4.88 Å². The first kappa shape index (κ1) is 16.6. The lowest BCUT2D eigenvalue weighted by Gasteiger charge is -2.08. The van der Waals surface area contributed by atoms with E-state index in [1.165, 1.54) is 22.5 Å². The quantitative estimate of drug-likeness (QED) is 0.507. The summed E-state index contributed by atoms with van der Waals surface area (Å²) in [5, 5.41) is 1.16. The third-order valence-corrected chi connectivity index (χ3v) is 5.78. The molecule has 1 heterocycles. The van der Waals surface area contributed by atoms with Gasteiger partial charge >= 0.3 is 0 Å². The Labute approximate surface area is 156 Å². The van der Waals surface area contributed by atoms with Crippen LogP contribution in [0, 0.1) is 0 Å². The molecule has 0 aliphatic heterocycles. The summed E-state index contributed by atoms with van der Waals surface area (Å²) >= 11 is 1.49. The topological polar surface area (TPSA) is 43.1 Å². The fourth-order valence-corrected chi connectivity index (χ4v) is 4.53. The van der Waals surface area contributed by atoms with Crippen LogP contribution in [0.5, 0.6) is 0 Å². The fourth-order valence-electron chi connectivity index (χ4n) is 3.41. The second-order valence-corrected chi connectivity index (χ2v) is 7.36. The number of carbonyl (C=O) groups excluding carboxylic acids is 1. The molecule has 0 aliphatic rings. The van der Waals surface area contributed by atoms with Crippen molar-refractivity contribution in [3.05, 3.63) is 94.9 Å². The Morgan fingerprint density at radius 2 is 1.50 bits per heavy atom. The minimum atomic E-state index is -0.362. The van der Waals surface area contributed by atoms with E-state index in [1.807, 2.05) is 36.4 Å². The highest BCUT2D eigenvalue weighted by Gasteiger charge is 2.19. The first-order valence-corrected chi connectivity index (χ1v) is 9.49. The van der Waals surface area contributed by atoms with Crippen molar-refractivity contribution in [3.63, 3.8) is 0 Å². The van der Waals surface area contributed by atoms with Crippen LogP contribution in [0.2, 0.25) is 0 Å². The number of aryl methyl sites for hydroxylation is 2. The van der Waals surface area contributed by atoms with Crippen molar-refractivity contribution < 1.29 is 4.79 Å². The molecule has 2 N–H and O–H groups in total. The largest absolute Gasteiger partial charge is 0.365 e. The summed E-state index contributed by atoms with van der Waals surface area (Å²) in [5.74, 6) is -0.362. The molecule has 4 aromatic rings. The van der Waals surface area contributed by atoms with Crippen LogP contribution in [-0.4, -0.2) is 5.91 Å². The Kier molecular flexibility index (Phi) is 4.55. The molecule has 1 amide bonds. The highest BCUT2D eigenvalue weighted by Crippen LogP contribution is 2.40. The number of fused-ring (bicyclic) bond motifs is 1. The molecule has 4 rings (SSSR count). The van der Waals surface area contributed by atoms with Crippen LogP contribution < -0.4 is 5.73 Å². The molecule has 3 aromatic carbocycles. The Bertz CT molecular complexity index is 1050. The molecule has 0 saturated carbocycles. The van der Waals surface area contributed by atoms with E-state index in [0.717, 1.165) is 34.1 Å². The first-order chi connectivity index (χ1) is 12.7. The summed E-state index contributed by atoms with van der Waals surface area (Å²) in [6.45, 7) is 0. The smallest absolute Gasteiger partial charge is 0.259 e. The second-order valence-electron chi connectivity index (χ2n) is 6.31. The van der Waals surface area contributed by atoms with Crippen LogP contribution in [0.4, 0.5) is 0 Å². The molecule has 1 aromatic heterocycles. The van der Waals surface area contributed by atoms with Gasteiger partial charge in [-0.25, -0.2) is 0 Å². The van der Waals surface area contributed by atoms with Crippen molar-refractivity contribution in [2.45, 2.75) is 12.8 Å². The zero-order chi connectivity index (χ0) is 17.9. The molecule has 0 radical (unpaired) electrons. The van der Waals surface area contributed by atoms with E-state index in [9.17, 15) is 4.79 Å². The van der Waals surface area contributed by atoms with E-state index in [4.69, 9.17) is 5.73 Å². The number of carbonyl (C=O) groups is 1. The van der Waals surface area contributed by atoms with E-state index >= 15 is 0 Å². The molecule has 0 fully saturated rings. The number of rotatable bonds is 5. The molecular formula is C23H19NOS. The number of thiophene rings is 1. The summed E-state index contributed by atoms with van der Waals surface area (Å²) in [7, 11) is 0. The normalized spacial score (nSPS) is 10.9. The number of hydrogen-bond acceptors (Lipinski definition) is 2. The van der Waals surface area contributed by atoms with Gasteiger partial charge in [0.25, 0.3) is 5.91 Å². The maximum absolute atomic E-state index is 12.1. The van der Waals surface area contributed by atoms with Gasteiger partial charge in [-0.2, -0.15) is 0 Å². The summed E-state index contributed by atoms with van der Waals surface area (Å²) < 4.78 is 1.11. The van der Waals surface area contributed by atoms with Gasteiger partial charge in [-0.3, -0.25) is 4.79 Å². The minimum Gasteiger partial charge on any atom is -0.365 e. The van der Waals surface area contributed by atoms with E-state index in [-0.39, 0.29) is 5.91 Å². The number of amides is 1. The van der Waals surface area contributed by atoms with Crippen molar-refractivity contribution >= 4 is 27.3 Å². The molecule has 0 unspecified atom stereocenters. The van der Waals surface area contributed by atoms with Crippen molar-refractivity contribution in [2.75, 3.05) is 0 Å². The molecule has 2 nitrogen and oxygen atoms in total. The van der Waals surface area contributed by atoms with Gasteiger partial charge in [-0.15, -0.1) is 11.3 Å². The summed E-state index contributed by atoms with van der Waals surface area (Å²) in [4.78, 5) is 12.7. The molecule has 26 heavy (non-hydrogen) atoms. The lowest BCUT2D eigenvalue weighted by Crippen LogP contribution is -2.10. The second kappa shape index (κ2) is 7.14. The number of primary amides is 1. The minimum absolute atomic E-state index is 0.362. The number of benzene rings is 3. The molecule has 128 valence electrons. The summed E-state index contributed by atoms with van der Waals surface area (Å²) in [5.41, 5.74) is 10.3. The van der Waals surface area contributed by atoms with Crippen LogP contribution in [0.15, 0.2) is 78.9 Å². The fraction of sp³-hybridized carbons (Fsp3) is 0.0870. The molecule has 0 atom stereocenters. The molecule has 3 heteroatoms. The molecule has 0 saturated heterocycles. The van der Waals surface area contributed by atoms with Gasteiger partial charge in [0.2, 0.25) is 0 Å². The van der Waals surface area contributed by atoms with Gasteiger partial charge in [0.1, 0.15) is 4.88 Å². The third kappa shape index (κ3) is 3.14. The zero-order valence-corrected chi connectivity index (χ0v) is 15.1. The molecule has 0 spiro atoms.